The standard InChI is InChI=1S/58Rf. The topological polar surface area (TPSA) is 0 Å². The van der Waals surface area contributed by atoms with Crippen LogP contribution in [0.3, 0.4) is 0 Å². The van der Waals surface area contributed by atoms with Gasteiger partial charge in [0.25, 0.3) is 0 Å². The summed E-state index contributed by atoms with van der Waals surface area (Å²) < 4.78 is 0. The minimum Gasteiger partial charge on any atom is 0 e. The Kier molecular flexibility index (Phi) is 0. The van der Waals surface area contributed by atoms with Gasteiger partial charge in [0.15, 0.2) is 0 Å². The van der Waals surface area contributed by atoms with Gasteiger partial charge >= 0.3 is 0 Å². The van der Waals surface area contributed by atoms with E-state index in [0.29, 0.717) is 0 Å². The molecule has 0 fully saturated rings. The van der Waals surface area contributed by atoms with Crippen LogP contribution < -0.4 is 0 Å². The van der Waals surface area contributed by atoms with E-state index < -0.39 is 0 Å². The van der Waals surface area contributed by atoms with Crippen molar-refractivity contribution in [3.8, 4) is 0 Å². The van der Waals surface area contributed by atoms with Gasteiger partial charge in [0.05, 0.1) is 0 Å². The summed E-state index contributed by atoms with van der Waals surface area (Å²) in [7, 11) is 0. The van der Waals surface area contributed by atoms with Crippen LogP contribution in [0.4, 0.5) is 0 Å². The Balaban J connectivity index is 0. The average molecular weight is 15500 g/mol. The molecule has 0 heterocycles. The summed E-state index contributed by atoms with van der Waals surface area (Å²) in [4.78, 5) is 0. The predicted octanol–water partition coefficient (Wildman–Crippen LogP) is 0. The molecule has 0 spiro atoms. The zero-order valence-electron chi connectivity index (χ0n) is 41.0. The van der Waals surface area contributed by atoms with E-state index in [4.69, 9.17) is 0 Å². The van der Waals surface area contributed by atoms with Crippen LogP contribution in [0.15, 0.2) is 0 Å². The molecule has 0 rings (SSSR count). The Hall–Kier alpha value is -58.0. The van der Waals surface area contributed by atoms with Crippen molar-refractivity contribution in [2.24, 2.45) is 0 Å². The van der Waals surface area contributed by atoms with Crippen LogP contribution in [-0.2, 0) is 0 Å². The first kappa shape index (κ1) is 0. The third-order valence-corrected chi connectivity index (χ3v) is 0. The molecule has 0 radical (unpaired) electrons. The predicted molar refractivity (Wildman–Crippen MR) is 0 cm³/mol. The minimum absolute atomic E-state index is 0. The van der Waals surface area contributed by atoms with Crippen molar-refractivity contribution in [2.75, 3.05) is 0 Å². The van der Waals surface area contributed by atoms with E-state index in [9.17, 15) is 0 Å². The number of hydrogen-bond donors (Lipinski definition) is 0. The first-order valence-corrected chi connectivity index (χ1v) is 0. The maximum absolute atomic E-state index is 0. The van der Waals surface area contributed by atoms with Crippen molar-refractivity contribution in [3.63, 3.8) is 0 Å². The molecule has 0 nitrogen and oxygen atoms in total. The van der Waals surface area contributed by atoms with E-state index in [2.05, 4.69) is 0 Å². The van der Waals surface area contributed by atoms with Gasteiger partial charge in [-0.1, -0.05) is 0 Å². The van der Waals surface area contributed by atoms with Gasteiger partial charge in [-0.25, -0.2) is 0 Å². The quantitative estimate of drug-likeness (QED) is 0.321. The van der Waals surface area contributed by atoms with Gasteiger partial charge in [-0.05, 0) is 0 Å². The van der Waals surface area contributed by atoms with Crippen molar-refractivity contribution in [2.45, 2.75) is 0 Å². The van der Waals surface area contributed by atoms with E-state index in [0.717, 1.165) is 0 Å². The van der Waals surface area contributed by atoms with Crippen LogP contribution >= 0.6 is 0 Å². The third-order valence-electron chi connectivity index (χ3n) is 0. The van der Waals surface area contributed by atoms with Crippen LogP contribution in [0.25, 0.3) is 0 Å². The largest absolute Gasteiger partial charge is 0 e. The fourth-order valence-electron chi connectivity index (χ4n) is 0. The molecular weight excluding hydrogens is 15500 g/mol. The summed E-state index contributed by atoms with van der Waals surface area (Å²) in [6.07, 6.45) is 0. The molecule has 58 heteroatoms. The maximum atomic E-state index is 0. The van der Waals surface area contributed by atoms with Gasteiger partial charge < -0.3 is 0 Å². The Morgan fingerprint density at radius 1 is 0.0172 bits per heavy atom. The summed E-state index contributed by atoms with van der Waals surface area (Å²) in [5.74, 6) is 0. The Labute approximate surface area is 0 Å². The van der Waals surface area contributed by atoms with Crippen LogP contribution in [0.2, 0.25) is 0 Å². The molecule has 0 aliphatic heterocycles. The molecule has 0 N–H and O–H groups in total. The van der Waals surface area contributed by atoms with E-state index in [1.54, 1.807) is 0 Å². The minimum atomic E-state index is 0. The summed E-state index contributed by atoms with van der Waals surface area (Å²) in [5, 5.41) is 0. The van der Waals surface area contributed by atoms with Crippen LogP contribution in [-0.4, -0.2) is 0 Å². The molecule has 0 saturated carbocycles. The summed E-state index contributed by atoms with van der Waals surface area (Å²) >= 11 is 0. The fourth-order valence-corrected chi connectivity index (χ4v) is 0. The molecule has 116 valence electrons. The second kappa shape index (κ2) is -0.00119. The van der Waals surface area contributed by atoms with E-state index in [1.807, 2.05) is 0 Å². The molecule has 0 unspecified atom stereocenters. The third kappa shape index (κ3) is -0.00535. The normalized spacial score (nSPS) is 0. The molecule has 0 aromatic heterocycles. The molecular formula is Rf58. The molecule has 0 atom stereocenters. The van der Waals surface area contributed by atoms with Crippen molar-refractivity contribution in [1.82, 2.24) is 0 Å². The number of rotatable bonds is 0. The maximum Gasteiger partial charge on any atom is 0 e. The van der Waals surface area contributed by atoms with Gasteiger partial charge in [-0.2, -0.15) is 0 Å². The van der Waals surface area contributed by atoms with Gasteiger partial charge in [0, 0.05) is 0 Å². The van der Waals surface area contributed by atoms with Crippen molar-refractivity contribution in [1.29, 1.82) is 0 Å². The summed E-state index contributed by atoms with van der Waals surface area (Å²) in [6.45, 7) is 0. The van der Waals surface area contributed by atoms with Crippen molar-refractivity contribution >= 4 is 0 Å². The SMILES string of the molecule is [Rf].[Rf].[Rf].[Rf].[Rf].[Rf].[Rf].[Rf].[Rf].[Rf].[Rf].[Rf].[Rf].[Rf].[Rf].[Rf].[Rf].[Rf].[Rf].[Rf].[Rf].[Rf].[Rf].[Rf].[Rf].[Rf].[Rf].[Rf].[Rf].[Rf].[Rf].[Rf].[Rf].[Rf].[Rf].[Rf].[Rf].[Rf].[Rf].[Rf].[Rf].[Rf].[Rf].[Rf].[Rf].[Rf].[Rf].[Rf].[Rf].[Rf].[Rf].[Rf].[Rf].[Rf].[Rf].[Rf].[Rf].[Rf]. The summed E-state index contributed by atoms with van der Waals surface area (Å²) in [6, 6.07) is 0. The molecule has 0 saturated heterocycles. The molecule has 0 aliphatic rings. The van der Waals surface area contributed by atoms with Crippen LogP contribution in [0.1, 0.15) is 0 Å². The van der Waals surface area contributed by atoms with Crippen LogP contribution in [0, 0.1) is 0 Å². The molecule has 0 aliphatic carbocycles. The smallest absolute Gasteiger partial charge is 0 e. The number of hydrogen-bond acceptors (Lipinski definition) is 0. The monoisotopic (exact) mass is 15500 g/mol. The van der Waals surface area contributed by atoms with Gasteiger partial charge in [0.1, 0.15) is 0 Å². The first-order valence-electron chi connectivity index (χ1n) is 0. The first-order chi connectivity index (χ1) is 0. The fraction of sp³-hybridized carbons (Fsp3) is 0. The second-order valence-electron chi connectivity index (χ2n) is 0. The molecule has 0 bridgehead atoms. The molecule has 0 amide bonds. The summed E-state index contributed by atoms with van der Waals surface area (Å²) in [5.41, 5.74) is 0. The van der Waals surface area contributed by atoms with E-state index in [1.165, 1.54) is 0 Å². The molecule has 0 aromatic carbocycles. The van der Waals surface area contributed by atoms with Crippen LogP contribution in [0.5, 0.6) is 0 Å². The second-order valence-corrected chi connectivity index (χ2v) is 0. The Morgan fingerprint density at radius 2 is 0.0172 bits per heavy atom. The van der Waals surface area contributed by atoms with Gasteiger partial charge in [-0.15, -0.1) is 0 Å². The average Bonchev–Trinajstić information content (AvgIpc) is 0. The molecule has 58 heavy (non-hydrogen) atoms. The molecule has 0 aromatic rings. The Morgan fingerprint density at radius 3 is 0.0172 bits per heavy atom. The van der Waals surface area contributed by atoms with Gasteiger partial charge in [0.2, 0.25) is 0 Å². The van der Waals surface area contributed by atoms with Gasteiger partial charge in [-0.3, -0.25) is 0 Å². The van der Waals surface area contributed by atoms with Crippen molar-refractivity contribution < 1.29 is 0 Å². The van der Waals surface area contributed by atoms with E-state index >= 15 is 0 Å². The Bertz CT molecular complexity index is 0. The van der Waals surface area contributed by atoms with E-state index in [-0.39, 0.29) is 0 Å². The zero-order valence-corrected chi connectivity index (χ0v) is 412. The van der Waals surface area contributed by atoms with Crippen molar-refractivity contribution in [3.05, 3.63) is 0 Å². The zero-order chi connectivity index (χ0) is 0.